The highest BCUT2D eigenvalue weighted by Crippen LogP contribution is 2.20. The zero-order valence-electron chi connectivity index (χ0n) is 11.3. The number of rotatable bonds is 7. The molecule has 1 unspecified atom stereocenters. The van der Waals surface area contributed by atoms with E-state index in [-0.39, 0.29) is 6.04 Å². The molecular weight excluding hydrogens is 210 g/mol. The molecule has 0 amide bonds. The van der Waals surface area contributed by atoms with Gasteiger partial charge in [-0.25, -0.2) is 0 Å². The maximum absolute atomic E-state index is 6.15. The SMILES string of the molecule is CCOCCCC(N)c1ccc(C(C)C)cc1. The van der Waals surface area contributed by atoms with Crippen molar-refractivity contribution in [2.45, 2.75) is 45.6 Å². The van der Waals surface area contributed by atoms with Gasteiger partial charge in [0.15, 0.2) is 0 Å². The lowest BCUT2D eigenvalue weighted by Crippen LogP contribution is -2.11. The maximum atomic E-state index is 6.15. The van der Waals surface area contributed by atoms with Crippen LogP contribution >= 0.6 is 0 Å². The van der Waals surface area contributed by atoms with Crippen LogP contribution in [-0.4, -0.2) is 13.2 Å². The number of benzene rings is 1. The zero-order valence-corrected chi connectivity index (χ0v) is 11.3. The van der Waals surface area contributed by atoms with Gasteiger partial charge in [-0.05, 0) is 36.8 Å². The molecule has 0 aromatic heterocycles. The Labute approximate surface area is 105 Å². The quantitative estimate of drug-likeness (QED) is 0.732. The van der Waals surface area contributed by atoms with E-state index in [9.17, 15) is 0 Å². The number of hydrogen-bond acceptors (Lipinski definition) is 2. The monoisotopic (exact) mass is 235 g/mol. The average Bonchev–Trinajstić information content (AvgIpc) is 2.34. The molecule has 96 valence electrons. The molecule has 0 saturated carbocycles. The van der Waals surface area contributed by atoms with E-state index >= 15 is 0 Å². The van der Waals surface area contributed by atoms with Crippen molar-refractivity contribution < 1.29 is 4.74 Å². The molecule has 0 aliphatic carbocycles. The Hall–Kier alpha value is -0.860. The van der Waals surface area contributed by atoms with E-state index in [4.69, 9.17) is 10.5 Å². The highest BCUT2D eigenvalue weighted by atomic mass is 16.5. The van der Waals surface area contributed by atoms with Crippen LogP contribution in [0.5, 0.6) is 0 Å². The van der Waals surface area contributed by atoms with Crippen molar-refractivity contribution in [3.8, 4) is 0 Å². The topological polar surface area (TPSA) is 35.2 Å². The average molecular weight is 235 g/mol. The van der Waals surface area contributed by atoms with Crippen molar-refractivity contribution >= 4 is 0 Å². The van der Waals surface area contributed by atoms with E-state index in [1.54, 1.807) is 0 Å². The normalized spacial score (nSPS) is 13.0. The molecule has 0 spiro atoms. The Kier molecular flexibility index (Phi) is 6.23. The van der Waals surface area contributed by atoms with Gasteiger partial charge in [-0.15, -0.1) is 0 Å². The van der Waals surface area contributed by atoms with Crippen LogP contribution in [0.25, 0.3) is 0 Å². The van der Waals surface area contributed by atoms with Crippen molar-refractivity contribution in [2.75, 3.05) is 13.2 Å². The van der Waals surface area contributed by atoms with Crippen LogP contribution in [0.1, 0.15) is 56.7 Å². The predicted octanol–water partition coefficient (Wildman–Crippen LogP) is 3.63. The van der Waals surface area contributed by atoms with Gasteiger partial charge in [0.2, 0.25) is 0 Å². The van der Waals surface area contributed by atoms with Gasteiger partial charge in [-0.1, -0.05) is 38.1 Å². The fraction of sp³-hybridized carbons (Fsp3) is 0.600. The summed E-state index contributed by atoms with van der Waals surface area (Å²) in [5.74, 6) is 0.582. The summed E-state index contributed by atoms with van der Waals surface area (Å²) in [4.78, 5) is 0. The Morgan fingerprint density at radius 1 is 1.12 bits per heavy atom. The molecule has 0 bridgehead atoms. The molecule has 1 aromatic rings. The summed E-state index contributed by atoms with van der Waals surface area (Å²) in [5.41, 5.74) is 8.75. The zero-order chi connectivity index (χ0) is 12.7. The van der Waals surface area contributed by atoms with Gasteiger partial charge in [0.05, 0.1) is 0 Å². The first-order chi connectivity index (χ1) is 8.15. The fourth-order valence-electron chi connectivity index (χ4n) is 1.84. The molecule has 2 nitrogen and oxygen atoms in total. The third-order valence-electron chi connectivity index (χ3n) is 3.04. The summed E-state index contributed by atoms with van der Waals surface area (Å²) in [6.45, 7) is 8.03. The van der Waals surface area contributed by atoms with Crippen LogP contribution in [0.4, 0.5) is 0 Å². The Bertz CT molecular complexity index is 305. The molecule has 2 heteroatoms. The molecule has 0 saturated heterocycles. The molecule has 2 N–H and O–H groups in total. The Morgan fingerprint density at radius 2 is 1.71 bits per heavy atom. The lowest BCUT2D eigenvalue weighted by atomic mass is 9.97. The second-order valence-corrected chi connectivity index (χ2v) is 4.77. The highest BCUT2D eigenvalue weighted by Gasteiger charge is 2.06. The largest absolute Gasteiger partial charge is 0.382 e. The molecule has 17 heavy (non-hydrogen) atoms. The summed E-state index contributed by atoms with van der Waals surface area (Å²) in [7, 11) is 0. The van der Waals surface area contributed by atoms with Crippen LogP contribution in [0.2, 0.25) is 0 Å². The molecule has 0 radical (unpaired) electrons. The first-order valence-electron chi connectivity index (χ1n) is 6.58. The van der Waals surface area contributed by atoms with E-state index < -0.39 is 0 Å². The third kappa shape index (κ3) is 4.88. The lowest BCUT2D eigenvalue weighted by Gasteiger charge is -2.13. The van der Waals surface area contributed by atoms with Gasteiger partial charge in [-0.2, -0.15) is 0 Å². The summed E-state index contributed by atoms with van der Waals surface area (Å²) in [6, 6.07) is 8.81. The molecule has 0 fully saturated rings. The van der Waals surface area contributed by atoms with E-state index in [2.05, 4.69) is 38.1 Å². The minimum absolute atomic E-state index is 0.136. The minimum Gasteiger partial charge on any atom is -0.382 e. The van der Waals surface area contributed by atoms with Gasteiger partial charge in [0.25, 0.3) is 0 Å². The molecule has 1 rings (SSSR count). The van der Waals surface area contributed by atoms with Crippen molar-refractivity contribution in [3.05, 3.63) is 35.4 Å². The number of nitrogens with two attached hydrogens (primary N) is 1. The summed E-state index contributed by atoms with van der Waals surface area (Å²) < 4.78 is 5.31. The van der Waals surface area contributed by atoms with E-state index in [0.717, 1.165) is 26.1 Å². The van der Waals surface area contributed by atoms with Crippen molar-refractivity contribution in [1.82, 2.24) is 0 Å². The smallest absolute Gasteiger partial charge is 0.0466 e. The second-order valence-electron chi connectivity index (χ2n) is 4.77. The standard InChI is InChI=1S/C15H25NO/c1-4-17-11-5-6-15(16)14-9-7-13(8-10-14)12(2)3/h7-10,12,15H,4-6,11,16H2,1-3H3. The predicted molar refractivity (Wildman–Crippen MR) is 73.2 cm³/mol. The first-order valence-corrected chi connectivity index (χ1v) is 6.58. The number of ether oxygens (including phenoxy) is 1. The van der Waals surface area contributed by atoms with Crippen LogP contribution in [0.3, 0.4) is 0 Å². The summed E-state index contributed by atoms with van der Waals surface area (Å²) in [5, 5.41) is 0. The van der Waals surface area contributed by atoms with E-state index in [0.29, 0.717) is 5.92 Å². The van der Waals surface area contributed by atoms with Gasteiger partial charge in [0, 0.05) is 19.3 Å². The van der Waals surface area contributed by atoms with Gasteiger partial charge >= 0.3 is 0 Å². The van der Waals surface area contributed by atoms with Gasteiger partial charge in [0.1, 0.15) is 0 Å². The van der Waals surface area contributed by atoms with Gasteiger partial charge in [-0.3, -0.25) is 0 Å². The first kappa shape index (κ1) is 14.2. The van der Waals surface area contributed by atoms with Crippen molar-refractivity contribution in [1.29, 1.82) is 0 Å². The number of hydrogen-bond donors (Lipinski definition) is 1. The lowest BCUT2D eigenvalue weighted by molar-refractivity contribution is 0.142. The van der Waals surface area contributed by atoms with Crippen LogP contribution < -0.4 is 5.73 Å². The molecule has 0 heterocycles. The molecular formula is C15H25NO. The van der Waals surface area contributed by atoms with Gasteiger partial charge < -0.3 is 10.5 Å². The molecule has 1 aromatic carbocycles. The van der Waals surface area contributed by atoms with E-state index in [1.807, 2.05) is 6.92 Å². The van der Waals surface area contributed by atoms with Crippen LogP contribution in [0, 0.1) is 0 Å². The Balaban J connectivity index is 2.43. The van der Waals surface area contributed by atoms with Crippen LogP contribution in [0.15, 0.2) is 24.3 Å². The molecule has 1 atom stereocenters. The highest BCUT2D eigenvalue weighted by molar-refractivity contribution is 5.26. The second kappa shape index (κ2) is 7.46. The van der Waals surface area contributed by atoms with Crippen molar-refractivity contribution in [2.24, 2.45) is 5.73 Å². The third-order valence-corrected chi connectivity index (χ3v) is 3.04. The van der Waals surface area contributed by atoms with E-state index in [1.165, 1.54) is 11.1 Å². The van der Waals surface area contributed by atoms with Crippen LogP contribution in [-0.2, 0) is 4.74 Å². The minimum atomic E-state index is 0.136. The van der Waals surface area contributed by atoms with Crippen molar-refractivity contribution in [3.63, 3.8) is 0 Å². The maximum Gasteiger partial charge on any atom is 0.0466 e. The Morgan fingerprint density at radius 3 is 2.24 bits per heavy atom. The summed E-state index contributed by atoms with van der Waals surface area (Å²) in [6.07, 6.45) is 2.02. The fourth-order valence-corrected chi connectivity index (χ4v) is 1.84. The molecule has 0 aliphatic rings. The molecule has 0 aliphatic heterocycles. The summed E-state index contributed by atoms with van der Waals surface area (Å²) >= 11 is 0.